The summed E-state index contributed by atoms with van der Waals surface area (Å²) in [4.78, 5) is 14.9. The lowest BCUT2D eigenvalue weighted by Gasteiger charge is -2.33. The fourth-order valence-electron chi connectivity index (χ4n) is 3.24. The van der Waals surface area contributed by atoms with Gasteiger partial charge in [0.25, 0.3) is 5.91 Å². The lowest BCUT2D eigenvalue weighted by Crippen LogP contribution is -2.41. The number of ether oxygens (including phenoxy) is 1. The molecular weight excluding hydrogens is 354 g/mol. The van der Waals surface area contributed by atoms with Crippen LogP contribution < -0.4 is 10.5 Å². The monoisotopic (exact) mass is 377 g/mol. The van der Waals surface area contributed by atoms with Gasteiger partial charge in [-0.3, -0.25) is 4.79 Å². The molecule has 0 aliphatic carbocycles. The molecule has 26 heavy (non-hydrogen) atoms. The van der Waals surface area contributed by atoms with Crippen molar-refractivity contribution >= 4 is 17.5 Å². The minimum Gasteiger partial charge on any atom is -0.491 e. The number of carbonyl (C=O) groups excluding carboxylic acids is 1. The maximum atomic E-state index is 13.1. The Morgan fingerprint density at radius 2 is 2.19 bits per heavy atom. The van der Waals surface area contributed by atoms with Gasteiger partial charge in [-0.25, -0.2) is 0 Å². The largest absolute Gasteiger partial charge is 0.491 e. The lowest BCUT2D eigenvalue weighted by atomic mass is 10.1. The van der Waals surface area contributed by atoms with Gasteiger partial charge in [0.15, 0.2) is 5.82 Å². The smallest absolute Gasteiger partial charge is 0.258 e. The molecule has 1 aromatic heterocycles. The van der Waals surface area contributed by atoms with E-state index in [0.29, 0.717) is 42.6 Å². The normalized spacial score (nSPS) is 16.7. The second kappa shape index (κ2) is 7.63. The number of hydrogen-bond acceptors (Lipinski definition) is 5. The molecule has 0 unspecified atom stereocenters. The van der Waals surface area contributed by atoms with Crippen LogP contribution in [0.5, 0.6) is 5.75 Å². The summed E-state index contributed by atoms with van der Waals surface area (Å²) >= 11 is 6.10. The van der Waals surface area contributed by atoms with Crippen LogP contribution in [0.15, 0.2) is 18.2 Å². The molecule has 2 N–H and O–H groups in total. The Morgan fingerprint density at radius 1 is 1.42 bits per heavy atom. The van der Waals surface area contributed by atoms with E-state index < -0.39 is 0 Å². The number of nitrogens with zero attached hydrogens (tertiary/aromatic N) is 4. The van der Waals surface area contributed by atoms with Crippen LogP contribution in [0.1, 0.15) is 54.7 Å². The molecule has 3 rings (SSSR count). The van der Waals surface area contributed by atoms with E-state index in [9.17, 15) is 4.79 Å². The fourth-order valence-corrected chi connectivity index (χ4v) is 3.42. The van der Waals surface area contributed by atoms with Crippen molar-refractivity contribution in [1.29, 1.82) is 0 Å². The molecule has 0 bridgehead atoms. The average Bonchev–Trinajstić information content (AvgIpc) is 3.05. The SMILES string of the molecule is CC(C)c1nnc2n1[C@@H](C)CN(C(=O)c1cc(Cl)ccc1OCCN)C2. The zero-order valence-electron chi connectivity index (χ0n) is 15.3. The van der Waals surface area contributed by atoms with Crippen LogP contribution in [0.25, 0.3) is 0 Å². The van der Waals surface area contributed by atoms with Crippen molar-refractivity contribution in [1.82, 2.24) is 19.7 Å². The van der Waals surface area contributed by atoms with Crippen molar-refractivity contribution in [2.45, 2.75) is 39.3 Å². The third-order valence-corrected chi connectivity index (χ3v) is 4.64. The molecule has 1 aliphatic heterocycles. The predicted molar refractivity (Wildman–Crippen MR) is 99.6 cm³/mol. The molecule has 140 valence electrons. The van der Waals surface area contributed by atoms with Gasteiger partial charge in [-0.05, 0) is 25.1 Å². The highest BCUT2D eigenvalue weighted by Crippen LogP contribution is 2.29. The van der Waals surface area contributed by atoms with Crippen LogP contribution in [0.3, 0.4) is 0 Å². The third-order valence-electron chi connectivity index (χ3n) is 4.40. The van der Waals surface area contributed by atoms with E-state index >= 15 is 0 Å². The van der Waals surface area contributed by atoms with Crippen LogP contribution >= 0.6 is 11.6 Å². The minimum atomic E-state index is -0.133. The van der Waals surface area contributed by atoms with Crippen molar-refractivity contribution in [3.8, 4) is 5.75 Å². The minimum absolute atomic E-state index is 0.0997. The molecule has 0 fully saturated rings. The molecule has 7 nitrogen and oxygen atoms in total. The van der Waals surface area contributed by atoms with Crippen molar-refractivity contribution in [3.05, 3.63) is 40.4 Å². The molecule has 8 heteroatoms. The highest BCUT2D eigenvalue weighted by Gasteiger charge is 2.31. The summed E-state index contributed by atoms with van der Waals surface area (Å²) in [6.07, 6.45) is 0. The van der Waals surface area contributed by atoms with E-state index in [-0.39, 0.29) is 17.9 Å². The van der Waals surface area contributed by atoms with Gasteiger partial charge in [-0.15, -0.1) is 10.2 Å². The zero-order valence-corrected chi connectivity index (χ0v) is 16.0. The van der Waals surface area contributed by atoms with Gasteiger partial charge in [0, 0.05) is 24.0 Å². The number of rotatable bonds is 5. The second-order valence-corrected chi connectivity index (χ2v) is 7.25. The number of nitrogens with two attached hydrogens (primary N) is 1. The van der Waals surface area contributed by atoms with Crippen LogP contribution in [0, 0.1) is 0 Å². The van der Waals surface area contributed by atoms with Gasteiger partial charge in [-0.2, -0.15) is 0 Å². The van der Waals surface area contributed by atoms with Crippen LogP contribution in [-0.2, 0) is 6.54 Å². The number of carbonyl (C=O) groups is 1. The average molecular weight is 378 g/mol. The molecule has 1 aromatic carbocycles. The quantitative estimate of drug-likeness (QED) is 0.865. The van der Waals surface area contributed by atoms with Crippen molar-refractivity contribution in [2.75, 3.05) is 19.7 Å². The van der Waals surface area contributed by atoms with E-state index in [2.05, 4.69) is 35.5 Å². The molecular formula is C18H24ClN5O2. The number of amides is 1. The highest BCUT2D eigenvalue weighted by molar-refractivity contribution is 6.31. The summed E-state index contributed by atoms with van der Waals surface area (Å²) in [6.45, 7) is 7.95. The summed E-state index contributed by atoms with van der Waals surface area (Å²) in [5.74, 6) is 2.39. The van der Waals surface area contributed by atoms with Gasteiger partial charge in [0.05, 0.1) is 18.2 Å². The summed E-state index contributed by atoms with van der Waals surface area (Å²) in [7, 11) is 0. The molecule has 0 saturated heterocycles. The fraction of sp³-hybridized carbons (Fsp3) is 0.500. The molecule has 2 heterocycles. The first-order valence-electron chi connectivity index (χ1n) is 8.77. The summed E-state index contributed by atoms with van der Waals surface area (Å²) in [6, 6.07) is 5.15. The topological polar surface area (TPSA) is 86.3 Å². The summed E-state index contributed by atoms with van der Waals surface area (Å²) in [5.41, 5.74) is 5.95. The highest BCUT2D eigenvalue weighted by atomic mass is 35.5. The second-order valence-electron chi connectivity index (χ2n) is 6.81. The predicted octanol–water partition coefficient (Wildman–Crippen LogP) is 2.61. The van der Waals surface area contributed by atoms with Crippen LogP contribution in [0.4, 0.5) is 0 Å². The Labute approximate surface area is 158 Å². The number of fused-ring (bicyclic) bond motifs is 1. The molecule has 1 aliphatic rings. The molecule has 2 aromatic rings. The Kier molecular flexibility index (Phi) is 5.48. The molecule has 0 radical (unpaired) electrons. The van der Waals surface area contributed by atoms with Crippen molar-refractivity contribution in [3.63, 3.8) is 0 Å². The van der Waals surface area contributed by atoms with Gasteiger partial charge in [0.1, 0.15) is 18.2 Å². The van der Waals surface area contributed by atoms with Gasteiger partial charge in [-0.1, -0.05) is 25.4 Å². The standard InChI is InChI=1S/C18H24ClN5O2/c1-11(2)17-22-21-16-10-23(9-12(3)24(16)17)18(25)14-8-13(19)4-5-15(14)26-7-6-20/h4-5,8,11-12H,6-7,9-10,20H2,1-3H3/t12-/m0/s1. The van der Waals surface area contributed by atoms with Crippen molar-refractivity contribution < 1.29 is 9.53 Å². The maximum absolute atomic E-state index is 13.1. The number of halogens is 1. The first-order chi connectivity index (χ1) is 12.4. The number of hydrogen-bond donors (Lipinski definition) is 1. The molecule has 0 saturated carbocycles. The lowest BCUT2D eigenvalue weighted by molar-refractivity contribution is 0.0675. The molecule has 1 amide bonds. The van der Waals surface area contributed by atoms with Crippen molar-refractivity contribution in [2.24, 2.45) is 5.73 Å². The Bertz CT molecular complexity index is 805. The van der Waals surface area contributed by atoms with Gasteiger partial charge in [0.2, 0.25) is 0 Å². The zero-order chi connectivity index (χ0) is 18.8. The van der Waals surface area contributed by atoms with E-state index in [1.165, 1.54) is 0 Å². The molecule has 1 atom stereocenters. The third kappa shape index (κ3) is 3.54. The molecule has 0 spiro atoms. The van der Waals surface area contributed by atoms with Gasteiger partial charge >= 0.3 is 0 Å². The number of benzene rings is 1. The van der Waals surface area contributed by atoms with E-state index in [0.717, 1.165) is 11.6 Å². The maximum Gasteiger partial charge on any atom is 0.258 e. The Morgan fingerprint density at radius 3 is 2.88 bits per heavy atom. The van der Waals surface area contributed by atoms with E-state index in [1.54, 1.807) is 23.1 Å². The first kappa shape index (κ1) is 18.7. The number of aromatic nitrogens is 3. The first-order valence-corrected chi connectivity index (χ1v) is 9.15. The van der Waals surface area contributed by atoms with Crippen LogP contribution in [-0.4, -0.2) is 45.3 Å². The Hall–Kier alpha value is -2.12. The van der Waals surface area contributed by atoms with Gasteiger partial charge < -0.3 is 19.9 Å². The van der Waals surface area contributed by atoms with Crippen LogP contribution in [0.2, 0.25) is 5.02 Å². The summed E-state index contributed by atoms with van der Waals surface area (Å²) in [5, 5.41) is 9.08. The summed E-state index contributed by atoms with van der Waals surface area (Å²) < 4.78 is 7.76. The Balaban J connectivity index is 1.88. The van der Waals surface area contributed by atoms with E-state index in [4.69, 9.17) is 22.1 Å². The van der Waals surface area contributed by atoms with E-state index in [1.807, 2.05) is 0 Å².